The average molecular weight is 553 g/mol. The third-order valence-electron chi connectivity index (χ3n) is 5.21. The maximum atomic E-state index is 13.2. The van der Waals surface area contributed by atoms with Gasteiger partial charge >= 0.3 is 6.18 Å². The van der Waals surface area contributed by atoms with Crippen molar-refractivity contribution in [3.05, 3.63) is 114 Å². The molecule has 0 radical (unpaired) electrons. The van der Waals surface area contributed by atoms with Gasteiger partial charge in [0.2, 0.25) is 5.88 Å². The van der Waals surface area contributed by atoms with Gasteiger partial charge in [0.1, 0.15) is 12.1 Å². The zero-order valence-electron chi connectivity index (χ0n) is 20.9. The van der Waals surface area contributed by atoms with Gasteiger partial charge in [0, 0.05) is 25.2 Å². The second-order valence-electron chi connectivity index (χ2n) is 8.48. The predicted octanol–water partition coefficient (Wildman–Crippen LogP) is 6.34. The number of ether oxygens (including phenoxy) is 1. The minimum absolute atomic E-state index is 0.174. The lowest BCUT2D eigenvalue weighted by molar-refractivity contribution is -0.137. The highest BCUT2D eigenvalue weighted by Gasteiger charge is 2.31. The quantitative estimate of drug-likeness (QED) is 0.188. The second-order valence-corrected chi connectivity index (χ2v) is 10.1. The molecule has 0 aliphatic carbocycles. The number of rotatable bonds is 8. The molecule has 0 aliphatic rings. The van der Waals surface area contributed by atoms with E-state index in [-0.39, 0.29) is 11.4 Å². The topological polar surface area (TPSA) is 84.2 Å². The van der Waals surface area contributed by atoms with Crippen LogP contribution in [0.2, 0.25) is 0 Å². The molecule has 3 aromatic carbocycles. The molecule has 4 aromatic rings. The van der Waals surface area contributed by atoms with Crippen LogP contribution in [0, 0.1) is 0 Å². The molecule has 7 nitrogen and oxygen atoms in total. The zero-order chi connectivity index (χ0) is 28.0. The van der Waals surface area contributed by atoms with Gasteiger partial charge in [0.25, 0.3) is 10.0 Å². The average Bonchev–Trinajstić information content (AvgIpc) is 2.92. The highest BCUT2D eigenvalue weighted by molar-refractivity contribution is 7.90. The maximum absolute atomic E-state index is 13.2. The lowest BCUT2D eigenvalue weighted by Gasteiger charge is -2.13. The number of alkyl halides is 3. The van der Waals surface area contributed by atoms with Crippen LogP contribution in [-0.4, -0.2) is 44.4 Å². The number of aromatic nitrogens is 1. The first kappa shape index (κ1) is 27.5. The van der Waals surface area contributed by atoms with Gasteiger partial charge in [-0.15, -0.1) is 4.40 Å². The van der Waals surface area contributed by atoms with E-state index in [2.05, 4.69) is 14.4 Å². The van der Waals surface area contributed by atoms with Crippen molar-refractivity contribution < 1.29 is 26.3 Å². The minimum Gasteiger partial charge on any atom is -0.438 e. The summed E-state index contributed by atoms with van der Waals surface area (Å²) >= 11 is 0. The Kier molecular flexibility index (Phi) is 8.10. The molecule has 0 spiro atoms. The SMILES string of the molecule is CN(C)/C=N/S(=O)(=O)c1cc(N=C(c2ccccc2)c2ccccc2)cnc1Oc1cccc(C(F)(F)F)c1. The van der Waals surface area contributed by atoms with Crippen LogP contribution < -0.4 is 4.74 Å². The first-order chi connectivity index (χ1) is 18.5. The Hall–Kier alpha value is -4.51. The van der Waals surface area contributed by atoms with E-state index in [0.717, 1.165) is 35.7 Å². The number of pyridine rings is 1. The fourth-order valence-corrected chi connectivity index (χ4v) is 4.43. The van der Waals surface area contributed by atoms with E-state index in [4.69, 9.17) is 4.74 Å². The summed E-state index contributed by atoms with van der Waals surface area (Å²) in [5, 5.41) is 0. The highest BCUT2D eigenvalue weighted by atomic mass is 32.2. The zero-order valence-corrected chi connectivity index (χ0v) is 21.7. The Morgan fingerprint density at radius 2 is 1.51 bits per heavy atom. The van der Waals surface area contributed by atoms with Gasteiger partial charge in [-0.2, -0.15) is 21.6 Å². The van der Waals surface area contributed by atoms with Crippen molar-refractivity contribution in [2.75, 3.05) is 14.1 Å². The first-order valence-electron chi connectivity index (χ1n) is 11.5. The van der Waals surface area contributed by atoms with Crippen molar-refractivity contribution in [3.8, 4) is 11.6 Å². The van der Waals surface area contributed by atoms with Gasteiger partial charge in [-0.25, -0.2) is 9.98 Å². The van der Waals surface area contributed by atoms with Crippen molar-refractivity contribution in [2.24, 2.45) is 9.39 Å². The third kappa shape index (κ3) is 7.08. The number of halogens is 3. The summed E-state index contributed by atoms with van der Waals surface area (Å²) in [7, 11) is -1.21. The molecule has 1 heterocycles. The fourth-order valence-electron chi connectivity index (χ4n) is 3.42. The number of nitrogens with zero attached hydrogens (tertiary/aromatic N) is 4. The van der Waals surface area contributed by atoms with E-state index in [0.29, 0.717) is 5.71 Å². The molecular formula is C28H23F3N4O3S. The van der Waals surface area contributed by atoms with Gasteiger partial charge in [0.15, 0.2) is 4.90 Å². The van der Waals surface area contributed by atoms with Crippen molar-refractivity contribution >= 4 is 27.8 Å². The molecular weight excluding hydrogens is 529 g/mol. The highest BCUT2D eigenvalue weighted by Crippen LogP contribution is 2.35. The Morgan fingerprint density at radius 3 is 2.08 bits per heavy atom. The van der Waals surface area contributed by atoms with Crippen LogP contribution in [0.4, 0.5) is 18.9 Å². The molecule has 11 heteroatoms. The Balaban J connectivity index is 1.85. The minimum atomic E-state index is -4.61. The molecule has 0 unspecified atom stereocenters. The normalized spacial score (nSPS) is 11.8. The summed E-state index contributed by atoms with van der Waals surface area (Å²) in [6, 6.07) is 23.9. The molecule has 4 rings (SSSR count). The Bertz CT molecular complexity index is 1560. The second kappa shape index (κ2) is 11.5. The van der Waals surface area contributed by atoms with Crippen molar-refractivity contribution in [2.45, 2.75) is 11.1 Å². The van der Waals surface area contributed by atoms with Gasteiger partial charge in [-0.05, 0) is 24.3 Å². The smallest absolute Gasteiger partial charge is 0.416 e. The molecule has 0 atom stereocenters. The molecule has 0 saturated heterocycles. The van der Waals surface area contributed by atoms with Crippen LogP contribution >= 0.6 is 0 Å². The summed E-state index contributed by atoms with van der Waals surface area (Å²) in [6.07, 6.45) is -2.25. The van der Waals surface area contributed by atoms with E-state index in [1.165, 1.54) is 23.2 Å². The molecule has 200 valence electrons. The largest absolute Gasteiger partial charge is 0.438 e. The number of sulfonamides is 1. The molecule has 0 saturated carbocycles. The Labute approximate surface area is 224 Å². The lowest BCUT2D eigenvalue weighted by Crippen LogP contribution is -2.11. The molecule has 1 aromatic heterocycles. The van der Waals surface area contributed by atoms with Crippen LogP contribution in [0.1, 0.15) is 16.7 Å². The number of aliphatic imine (C=N–C) groups is 1. The van der Waals surface area contributed by atoms with Gasteiger partial charge in [0.05, 0.1) is 23.2 Å². The summed E-state index contributed by atoms with van der Waals surface area (Å²) in [6.45, 7) is 0. The van der Waals surface area contributed by atoms with Crippen molar-refractivity contribution in [1.82, 2.24) is 9.88 Å². The first-order valence-corrected chi connectivity index (χ1v) is 13.0. The van der Waals surface area contributed by atoms with Crippen LogP contribution in [0.3, 0.4) is 0 Å². The molecule has 0 amide bonds. The van der Waals surface area contributed by atoms with E-state index in [9.17, 15) is 21.6 Å². The van der Waals surface area contributed by atoms with Crippen molar-refractivity contribution in [1.29, 1.82) is 0 Å². The molecule has 0 aliphatic heterocycles. The van der Waals surface area contributed by atoms with Crippen LogP contribution in [-0.2, 0) is 16.2 Å². The summed E-state index contributed by atoms with van der Waals surface area (Å²) in [4.78, 5) is 9.77. The van der Waals surface area contributed by atoms with E-state index in [1.54, 1.807) is 14.1 Å². The molecule has 0 N–H and O–H groups in total. The van der Waals surface area contributed by atoms with E-state index < -0.39 is 32.5 Å². The molecule has 0 fully saturated rings. The summed E-state index contributed by atoms with van der Waals surface area (Å²) < 4.78 is 75.1. The standard InChI is InChI=1S/C28H23F3N4O3S/c1-35(2)19-33-39(36,37)25-17-23(18-32-27(25)38-24-15-9-14-22(16-24)28(29,30)31)34-26(20-10-5-3-6-11-20)21-12-7-4-8-13-21/h3-19H,1-2H3/b33-19+. The number of hydrogen-bond acceptors (Lipinski definition) is 5. The number of benzene rings is 3. The summed E-state index contributed by atoms with van der Waals surface area (Å²) in [5.74, 6) is -0.680. The fraction of sp³-hybridized carbons (Fsp3) is 0.107. The van der Waals surface area contributed by atoms with Gasteiger partial charge < -0.3 is 9.64 Å². The molecule has 0 bridgehead atoms. The lowest BCUT2D eigenvalue weighted by atomic mass is 10.0. The molecule has 39 heavy (non-hydrogen) atoms. The number of hydrogen-bond donors (Lipinski definition) is 0. The van der Waals surface area contributed by atoms with Crippen molar-refractivity contribution in [3.63, 3.8) is 0 Å². The predicted molar refractivity (Wildman–Crippen MR) is 143 cm³/mol. The van der Waals surface area contributed by atoms with Crippen LogP contribution in [0.5, 0.6) is 11.6 Å². The summed E-state index contributed by atoms with van der Waals surface area (Å²) in [5.41, 5.74) is 1.34. The third-order valence-corrected chi connectivity index (χ3v) is 6.43. The maximum Gasteiger partial charge on any atom is 0.416 e. The Morgan fingerprint density at radius 1 is 0.897 bits per heavy atom. The van der Waals surface area contributed by atoms with Gasteiger partial charge in [-0.3, -0.25) is 0 Å². The van der Waals surface area contributed by atoms with Crippen LogP contribution in [0.15, 0.2) is 111 Å². The van der Waals surface area contributed by atoms with Gasteiger partial charge in [-0.1, -0.05) is 66.7 Å². The van der Waals surface area contributed by atoms with E-state index in [1.807, 2.05) is 60.7 Å². The monoisotopic (exact) mass is 552 g/mol. The van der Waals surface area contributed by atoms with E-state index >= 15 is 0 Å². The van der Waals surface area contributed by atoms with Crippen LogP contribution in [0.25, 0.3) is 0 Å².